The Morgan fingerprint density at radius 2 is 1.61 bits per heavy atom. The smallest absolute Gasteiger partial charge is 0.200 e. The maximum absolute atomic E-state index is 14.8. The molecular weight excluding hydrogens is 429 g/mol. The minimum absolute atomic E-state index is 0.000908. The summed E-state index contributed by atoms with van der Waals surface area (Å²) in [4.78, 5) is 0. The highest BCUT2D eigenvalue weighted by atomic mass is 19.2. The first-order valence-electron chi connectivity index (χ1n) is 11.3. The number of methoxy groups -OCH3 is 2. The summed E-state index contributed by atoms with van der Waals surface area (Å²) in [7, 11) is 3.14. The van der Waals surface area contributed by atoms with Gasteiger partial charge in [-0.05, 0) is 72.9 Å². The molecule has 0 spiro atoms. The van der Waals surface area contributed by atoms with Crippen molar-refractivity contribution >= 4 is 0 Å². The fourth-order valence-corrected chi connectivity index (χ4v) is 4.68. The van der Waals surface area contributed by atoms with Gasteiger partial charge in [-0.3, -0.25) is 0 Å². The number of ether oxygens (including phenoxy) is 3. The van der Waals surface area contributed by atoms with Crippen molar-refractivity contribution in [1.29, 1.82) is 0 Å². The molecule has 0 heterocycles. The number of rotatable bonds is 7. The Hall–Kier alpha value is -2.73. The van der Waals surface area contributed by atoms with Crippen LogP contribution in [0.2, 0.25) is 0 Å². The van der Waals surface area contributed by atoms with Gasteiger partial charge in [0, 0.05) is 13.0 Å². The van der Waals surface area contributed by atoms with Gasteiger partial charge in [-0.2, -0.15) is 4.39 Å². The third kappa shape index (κ3) is 5.27. The third-order valence-electron chi connectivity index (χ3n) is 6.69. The fraction of sp³-hybridized carbons (Fsp3) is 0.407. The van der Waals surface area contributed by atoms with Gasteiger partial charge in [0.25, 0.3) is 0 Å². The highest BCUT2D eigenvalue weighted by Gasteiger charge is 2.26. The van der Waals surface area contributed by atoms with Crippen LogP contribution in [0.4, 0.5) is 13.2 Å². The second kappa shape index (κ2) is 10.5. The van der Waals surface area contributed by atoms with Crippen molar-refractivity contribution in [3.05, 3.63) is 88.5 Å². The van der Waals surface area contributed by atoms with Crippen molar-refractivity contribution in [1.82, 2.24) is 0 Å². The molecule has 2 aromatic rings. The van der Waals surface area contributed by atoms with Crippen LogP contribution >= 0.6 is 0 Å². The van der Waals surface area contributed by atoms with E-state index in [2.05, 4.69) is 0 Å². The largest absolute Gasteiger partial charge is 0.494 e. The van der Waals surface area contributed by atoms with E-state index in [0.717, 1.165) is 36.8 Å². The third-order valence-corrected chi connectivity index (χ3v) is 6.69. The summed E-state index contributed by atoms with van der Waals surface area (Å²) in [6.45, 7) is 0.109. The summed E-state index contributed by atoms with van der Waals surface area (Å²) in [6.07, 6.45) is 7.40. The average molecular weight is 459 g/mol. The van der Waals surface area contributed by atoms with E-state index < -0.39 is 11.6 Å². The monoisotopic (exact) mass is 458 g/mol. The molecule has 2 aromatic carbocycles. The Labute approximate surface area is 192 Å². The lowest BCUT2D eigenvalue weighted by Gasteiger charge is -2.28. The molecule has 0 radical (unpaired) electrons. The Morgan fingerprint density at radius 1 is 0.879 bits per heavy atom. The van der Waals surface area contributed by atoms with Crippen LogP contribution in [0.1, 0.15) is 60.6 Å². The van der Waals surface area contributed by atoms with E-state index in [1.807, 2.05) is 24.3 Å². The van der Waals surface area contributed by atoms with Crippen LogP contribution in [-0.2, 0) is 16.1 Å². The summed E-state index contributed by atoms with van der Waals surface area (Å²) in [6, 6.07) is 10.7. The zero-order valence-corrected chi connectivity index (χ0v) is 19.0. The molecule has 3 nitrogen and oxygen atoms in total. The Kier molecular flexibility index (Phi) is 7.43. The molecule has 4 rings (SSSR count). The first-order chi connectivity index (χ1) is 16.0. The zero-order chi connectivity index (χ0) is 23.4. The Balaban J connectivity index is 1.37. The van der Waals surface area contributed by atoms with Crippen LogP contribution < -0.4 is 4.74 Å². The van der Waals surface area contributed by atoms with Crippen LogP contribution in [-0.4, -0.2) is 20.3 Å². The van der Waals surface area contributed by atoms with E-state index in [1.54, 1.807) is 25.3 Å². The molecular formula is C27H29F3O3. The second-order valence-electron chi connectivity index (χ2n) is 8.65. The lowest BCUT2D eigenvalue weighted by molar-refractivity contribution is 0.0654. The maximum atomic E-state index is 14.8. The van der Waals surface area contributed by atoms with Crippen LogP contribution in [0.15, 0.2) is 60.1 Å². The summed E-state index contributed by atoms with van der Waals surface area (Å²) in [5.41, 5.74) is 2.19. The van der Waals surface area contributed by atoms with Crippen molar-refractivity contribution < 1.29 is 27.4 Å². The van der Waals surface area contributed by atoms with E-state index in [9.17, 15) is 13.2 Å². The highest BCUT2D eigenvalue weighted by Crippen LogP contribution is 2.37. The second-order valence-corrected chi connectivity index (χ2v) is 8.65. The Morgan fingerprint density at radius 3 is 2.24 bits per heavy atom. The predicted molar refractivity (Wildman–Crippen MR) is 121 cm³/mol. The predicted octanol–water partition coefficient (Wildman–Crippen LogP) is 7.09. The molecule has 6 heteroatoms. The van der Waals surface area contributed by atoms with Gasteiger partial charge in [0.15, 0.2) is 17.4 Å². The molecule has 1 unspecified atom stereocenters. The van der Waals surface area contributed by atoms with Crippen LogP contribution in [0, 0.1) is 11.6 Å². The Bertz CT molecular complexity index is 1020. The van der Waals surface area contributed by atoms with E-state index in [4.69, 9.17) is 14.2 Å². The standard InChI is InChI=1S/C27H29F3O3/c1-31-21-10-7-19(8-11-21)22-12-14-25(27(30)26(22)29)33-16-17-3-5-18(6-4-17)20-9-13-24(32-2)23(28)15-20/h3-6,12-15,19-21H,7-11,16H2,1-2H3. The van der Waals surface area contributed by atoms with Crippen LogP contribution in [0.3, 0.4) is 0 Å². The molecule has 33 heavy (non-hydrogen) atoms. The van der Waals surface area contributed by atoms with Gasteiger partial charge in [0.1, 0.15) is 12.4 Å². The first kappa shape index (κ1) is 23.4. The maximum Gasteiger partial charge on any atom is 0.200 e. The summed E-state index contributed by atoms with van der Waals surface area (Å²) < 4.78 is 59.4. The number of halogens is 3. The van der Waals surface area contributed by atoms with Crippen molar-refractivity contribution in [3.63, 3.8) is 0 Å². The fourth-order valence-electron chi connectivity index (χ4n) is 4.68. The van der Waals surface area contributed by atoms with Crippen molar-refractivity contribution in [2.24, 2.45) is 0 Å². The number of hydrogen-bond donors (Lipinski definition) is 0. The number of allylic oxidation sites excluding steroid dienone is 3. The van der Waals surface area contributed by atoms with Crippen molar-refractivity contribution in [2.45, 2.75) is 56.7 Å². The van der Waals surface area contributed by atoms with Gasteiger partial charge in [0.2, 0.25) is 5.82 Å². The molecule has 1 fully saturated rings. The van der Waals surface area contributed by atoms with Crippen molar-refractivity contribution in [2.75, 3.05) is 14.2 Å². The van der Waals surface area contributed by atoms with Gasteiger partial charge in [-0.1, -0.05) is 30.3 Å². The summed E-state index contributed by atoms with van der Waals surface area (Å²) in [5, 5.41) is 0. The minimum Gasteiger partial charge on any atom is -0.494 e. The molecule has 0 bridgehead atoms. The normalized spacial score (nSPS) is 23.0. The number of hydrogen-bond acceptors (Lipinski definition) is 3. The molecule has 1 saturated carbocycles. The molecule has 1 atom stereocenters. The van der Waals surface area contributed by atoms with Gasteiger partial charge in [-0.15, -0.1) is 0 Å². The van der Waals surface area contributed by atoms with Gasteiger partial charge < -0.3 is 14.2 Å². The molecule has 0 N–H and O–H groups in total. The molecule has 0 aliphatic heterocycles. The van der Waals surface area contributed by atoms with E-state index in [1.165, 1.54) is 13.2 Å². The van der Waals surface area contributed by atoms with Gasteiger partial charge in [0.05, 0.1) is 13.2 Å². The molecule has 0 amide bonds. The minimum atomic E-state index is -0.943. The van der Waals surface area contributed by atoms with Crippen LogP contribution in [0.25, 0.3) is 0 Å². The average Bonchev–Trinajstić information content (AvgIpc) is 2.85. The molecule has 2 aliphatic carbocycles. The van der Waals surface area contributed by atoms with E-state index >= 15 is 0 Å². The lowest BCUT2D eigenvalue weighted by Crippen LogP contribution is -2.20. The van der Waals surface area contributed by atoms with Crippen molar-refractivity contribution in [3.8, 4) is 5.75 Å². The lowest BCUT2D eigenvalue weighted by atomic mass is 9.82. The van der Waals surface area contributed by atoms with Gasteiger partial charge >= 0.3 is 0 Å². The summed E-state index contributed by atoms with van der Waals surface area (Å²) >= 11 is 0. The highest BCUT2D eigenvalue weighted by molar-refractivity contribution is 5.36. The topological polar surface area (TPSA) is 27.7 Å². The van der Waals surface area contributed by atoms with Crippen LogP contribution in [0.5, 0.6) is 5.75 Å². The SMILES string of the molecule is COC1=CCC(c2ccc(COc3ccc(C4CCC(OC)CC4)c(F)c3F)cc2)C=C1F. The molecule has 0 aromatic heterocycles. The molecule has 0 saturated heterocycles. The number of benzene rings is 2. The zero-order valence-electron chi connectivity index (χ0n) is 19.0. The summed E-state index contributed by atoms with van der Waals surface area (Å²) in [5.74, 6) is -2.04. The first-order valence-corrected chi connectivity index (χ1v) is 11.3. The van der Waals surface area contributed by atoms with E-state index in [0.29, 0.717) is 12.0 Å². The van der Waals surface area contributed by atoms with Gasteiger partial charge in [-0.25, -0.2) is 8.78 Å². The molecule has 176 valence electrons. The van der Waals surface area contributed by atoms with E-state index in [-0.39, 0.29) is 41.9 Å². The quantitative estimate of drug-likeness (QED) is 0.443. The molecule has 2 aliphatic rings.